The number of carbonyl (C=O) groups is 1. The van der Waals surface area contributed by atoms with Crippen LogP contribution in [0.5, 0.6) is 11.5 Å². The number of hydrogen-bond acceptors (Lipinski definition) is 5. The topological polar surface area (TPSA) is 65.0 Å². The van der Waals surface area contributed by atoms with Gasteiger partial charge in [0.05, 0.1) is 21.3 Å². The van der Waals surface area contributed by atoms with E-state index in [1.807, 2.05) is 0 Å². The van der Waals surface area contributed by atoms with Gasteiger partial charge in [0, 0.05) is 11.6 Å². The van der Waals surface area contributed by atoms with Crippen LogP contribution in [-0.2, 0) is 9.53 Å². The average molecular weight is 240 g/mol. The van der Waals surface area contributed by atoms with Gasteiger partial charge < -0.3 is 19.3 Å². The van der Waals surface area contributed by atoms with Crippen LogP contribution in [0, 0.1) is 6.92 Å². The largest absolute Gasteiger partial charge is 0.497 e. The second-order valence-corrected chi connectivity index (χ2v) is 3.47. The molecule has 0 bridgehead atoms. The molecule has 5 nitrogen and oxygen atoms in total. The number of hydrogen-bond donors (Lipinski definition) is 1. The van der Waals surface area contributed by atoms with Crippen molar-refractivity contribution in [2.75, 3.05) is 21.3 Å². The molecule has 0 fully saturated rings. The van der Waals surface area contributed by atoms with Gasteiger partial charge in [-0.15, -0.1) is 0 Å². The van der Waals surface area contributed by atoms with Crippen molar-refractivity contribution in [1.82, 2.24) is 0 Å². The fraction of sp³-hybridized carbons (Fsp3) is 0.417. The number of methoxy groups -OCH3 is 3. The van der Waals surface area contributed by atoms with E-state index in [9.17, 15) is 9.90 Å². The van der Waals surface area contributed by atoms with Crippen molar-refractivity contribution in [3.8, 4) is 11.5 Å². The first kappa shape index (κ1) is 13.3. The van der Waals surface area contributed by atoms with Crippen LogP contribution in [0.25, 0.3) is 0 Å². The predicted octanol–water partition coefficient (Wildman–Crippen LogP) is 1.22. The van der Waals surface area contributed by atoms with Gasteiger partial charge >= 0.3 is 5.97 Å². The fourth-order valence-corrected chi connectivity index (χ4v) is 1.54. The number of ether oxygens (including phenoxy) is 3. The summed E-state index contributed by atoms with van der Waals surface area (Å²) >= 11 is 0. The van der Waals surface area contributed by atoms with Crippen LogP contribution >= 0.6 is 0 Å². The third kappa shape index (κ3) is 2.68. The molecule has 0 aromatic heterocycles. The van der Waals surface area contributed by atoms with Gasteiger partial charge in [-0.05, 0) is 18.6 Å². The standard InChI is InChI=1S/C12H16O5/c1-7-9(11(13)12(14)17-4)5-8(15-2)6-10(7)16-3/h5-6,11,13H,1-4H3. The normalized spacial score (nSPS) is 11.8. The second kappa shape index (κ2) is 5.54. The SMILES string of the molecule is COC(=O)C(O)c1cc(OC)cc(OC)c1C. The molecule has 0 aliphatic heterocycles. The van der Waals surface area contributed by atoms with Crippen molar-refractivity contribution in [2.45, 2.75) is 13.0 Å². The summed E-state index contributed by atoms with van der Waals surface area (Å²) in [6.45, 7) is 1.75. The fourth-order valence-electron chi connectivity index (χ4n) is 1.54. The maximum Gasteiger partial charge on any atom is 0.339 e. The summed E-state index contributed by atoms with van der Waals surface area (Å²) in [5, 5.41) is 9.82. The first-order valence-electron chi connectivity index (χ1n) is 5.03. The van der Waals surface area contributed by atoms with Crippen LogP contribution in [0.1, 0.15) is 17.2 Å². The molecule has 0 aliphatic carbocycles. The molecule has 1 aromatic carbocycles. The summed E-state index contributed by atoms with van der Waals surface area (Å²) in [7, 11) is 4.23. The number of aliphatic hydroxyl groups is 1. The smallest absolute Gasteiger partial charge is 0.339 e. The molecule has 17 heavy (non-hydrogen) atoms. The van der Waals surface area contributed by atoms with E-state index < -0.39 is 12.1 Å². The summed E-state index contributed by atoms with van der Waals surface area (Å²) in [6, 6.07) is 3.27. The molecule has 0 amide bonds. The van der Waals surface area contributed by atoms with Gasteiger partial charge in [0.25, 0.3) is 0 Å². The van der Waals surface area contributed by atoms with Crippen LogP contribution in [0.3, 0.4) is 0 Å². The lowest BCUT2D eigenvalue weighted by Gasteiger charge is -2.16. The second-order valence-electron chi connectivity index (χ2n) is 3.47. The summed E-state index contributed by atoms with van der Waals surface area (Å²) < 4.78 is 14.7. The monoisotopic (exact) mass is 240 g/mol. The Morgan fingerprint density at radius 2 is 1.88 bits per heavy atom. The summed E-state index contributed by atoms with van der Waals surface area (Å²) in [5.41, 5.74) is 1.08. The van der Waals surface area contributed by atoms with Crippen LogP contribution in [0.15, 0.2) is 12.1 Å². The van der Waals surface area contributed by atoms with E-state index in [0.717, 1.165) is 0 Å². The number of rotatable bonds is 4. The predicted molar refractivity (Wildman–Crippen MR) is 61.3 cm³/mol. The molecule has 0 aliphatic rings. The van der Waals surface area contributed by atoms with E-state index in [1.165, 1.54) is 21.3 Å². The van der Waals surface area contributed by atoms with E-state index in [-0.39, 0.29) is 0 Å². The third-order valence-corrected chi connectivity index (χ3v) is 2.55. The average Bonchev–Trinajstić information content (AvgIpc) is 2.37. The van der Waals surface area contributed by atoms with Crippen molar-refractivity contribution in [3.63, 3.8) is 0 Å². The molecule has 0 radical (unpaired) electrons. The van der Waals surface area contributed by atoms with Gasteiger partial charge in [0.1, 0.15) is 11.5 Å². The van der Waals surface area contributed by atoms with E-state index in [1.54, 1.807) is 19.1 Å². The number of esters is 1. The van der Waals surface area contributed by atoms with Crippen molar-refractivity contribution < 1.29 is 24.1 Å². The molecule has 5 heteroatoms. The Morgan fingerprint density at radius 1 is 1.24 bits per heavy atom. The highest BCUT2D eigenvalue weighted by Gasteiger charge is 2.22. The highest BCUT2D eigenvalue weighted by atomic mass is 16.5. The van der Waals surface area contributed by atoms with Gasteiger partial charge in [-0.3, -0.25) is 0 Å². The van der Waals surface area contributed by atoms with Crippen molar-refractivity contribution in [2.24, 2.45) is 0 Å². The van der Waals surface area contributed by atoms with Crippen molar-refractivity contribution in [3.05, 3.63) is 23.3 Å². The lowest BCUT2D eigenvalue weighted by Crippen LogP contribution is -2.15. The number of aliphatic hydroxyl groups excluding tert-OH is 1. The molecule has 0 spiro atoms. The minimum atomic E-state index is -1.34. The molecular weight excluding hydrogens is 224 g/mol. The van der Waals surface area contributed by atoms with Crippen LogP contribution in [0.2, 0.25) is 0 Å². The molecule has 0 saturated carbocycles. The van der Waals surface area contributed by atoms with Crippen LogP contribution in [-0.4, -0.2) is 32.4 Å². The van der Waals surface area contributed by atoms with Crippen LogP contribution < -0.4 is 9.47 Å². The molecule has 1 N–H and O–H groups in total. The highest BCUT2D eigenvalue weighted by Crippen LogP contribution is 2.31. The van der Waals surface area contributed by atoms with E-state index in [4.69, 9.17) is 9.47 Å². The third-order valence-electron chi connectivity index (χ3n) is 2.55. The quantitative estimate of drug-likeness (QED) is 0.801. The van der Waals surface area contributed by atoms with Crippen molar-refractivity contribution >= 4 is 5.97 Å². The Bertz CT molecular complexity index is 414. The minimum absolute atomic E-state index is 0.410. The Balaban J connectivity index is 3.26. The summed E-state index contributed by atoms with van der Waals surface area (Å²) in [6.07, 6.45) is -1.34. The molecule has 1 unspecified atom stereocenters. The summed E-state index contributed by atoms with van der Waals surface area (Å²) in [5.74, 6) is 0.330. The van der Waals surface area contributed by atoms with Gasteiger partial charge in [-0.25, -0.2) is 4.79 Å². The maximum absolute atomic E-state index is 11.3. The molecule has 0 heterocycles. The van der Waals surface area contributed by atoms with Crippen molar-refractivity contribution in [1.29, 1.82) is 0 Å². The molecule has 0 saturated heterocycles. The zero-order chi connectivity index (χ0) is 13.0. The number of carbonyl (C=O) groups excluding carboxylic acids is 1. The highest BCUT2D eigenvalue weighted by molar-refractivity contribution is 5.77. The first-order valence-corrected chi connectivity index (χ1v) is 5.03. The zero-order valence-corrected chi connectivity index (χ0v) is 10.3. The molecule has 1 aromatic rings. The number of benzene rings is 1. The van der Waals surface area contributed by atoms with Gasteiger partial charge in [-0.2, -0.15) is 0 Å². The molecule has 1 rings (SSSR count). The van der Waals surface area contributed by atoms with E-state index in [0.29, 0.717) is 22.6 Å². The van der Waals surface area contributed by atoms with E-state index in [2.05, 4.69) is 4.74 Å². The summed E-state index contributed by atoms with van der Waals surface area (Å²) in [4.78, 5) is 11.3. The lowest BCUT2D eigenvalue weighted by molar-refractivity contribution is -0.150. The molecule has 1 atom stereocenters. The maximum atomic E-state index is 11.3. The lowest BCUT2D eigenvalue weighted by atomic mass is 10.0. The molecule has 94 valence electrons. The zero-order valence-electron chi connectivity index (χ0n) is 10.3. The van der Waals surface area contributed by atoms with Crippen LogP contribution in [0.4, 0.5) is 0 Å². The first-order chi connectivity index (χ1) is 8.04. The molecular formula is C12H16O5. The Labute approximate surface area is 99.9 Å². The van der Waals surface area contributed by atoms with Gasteiger partial charge in [0.15, 0.2) is 6.10 Å². The van der Waals surface area contributed by atoms with Gasteiger partial charge in [-0.1, -0.05) is 0 Å². The van der Waals surface area contributed by atoms with E-state index >= 15 is 0 Å². The Hall–Kier alpha value is -1.75. The minimum Gasteiger partial charge on any atom is -0.497 e. The Morgan fingerprint density at radius 3 is 2.35 bits per heavy atom. The van der Waals surface area contributed by atoms with Gasteiger partial charge in [0.2, 0.25) is 0 Å². The Kier molecular flexibility index (Phi) is 4.34.